The van der Waals surface area contributed by atoms with Crippen LogP contribution in [0.4, 0.5) is 0 Å². The van der Waals surface area contributed by atoms with Crippen molar-refractivity contribution in [2.24, 2.45) is 0 Å². The summed E-state index contributed by atoms with van der Waals surface area (Å²) in [5.41, 5.74) is -0.152. The van der Waals surface area contributed by atoms with Crippen LogP contribution in [0.1, 0.15) is 27.2 Å². The fraction of sp³-hybridized carbons (Fsp3) is 0.600. The van der Waals surface area contributed by atoms with E-state index in [1.807, 2.05) is 33.0 Å². The zero-order chi connectivity index (χ0) is 10.6. The summed E-state index contributed by atoms with van der Waals surface area (Å²) in [5, 5.41) is 6.92. The molecule has 0 saturated heterocycles. The van der Waals surface area contributed by atoms with Gasteiger partial charge in [-0.2, -0.15) is 5.10 Å². The van der Waals surface area contributed by atoms with Crippen LogP contribution in [0.25, 0.3) is 0 Å². The van der Waals surface area contributed by atoms with Crippen molar-refractivity contribution < 1.29 is 4.79 Å². The summed E-state index contributed by atoms with van der Waals surface area (Å²) in [7, 11) is 0. The van der Waals surface area contributed by atoms with Crippen LogP contribution in [0.15, 0.2) is 18.5 Å². The Morgan fingerprint density at radius 1 is 1.50 bits per heavy atom. The summed E-state index contributed by atoms with van der Waals surface area (Å²) < 4.78 is 1.75. The molecule has 1 rings (SSSR count). The van der Waals surface area contributed by atoms with Crippen molar-refractivity contribution in [1.82, 2.24) is 15.1 Å². The minimum absolute atomic E-state index is 0.0630. The van der Waals surface area contributed by atoms with E-state index in [-0.39, 0.29) is 11.4 Å². The number of nitrogens with zero attached hydrogens (tertiary/aromatic N) is 2. The minimum Gasteiger partial charge on any atom is -0.351 e. The summed E-state index contributed by atoms with van der Waals surface area (Å²) in [5.74, 6) is 0.0630. The zero-order valence-corrected chi connectivity index (χ0v) is 8.95. The maximum atomic E-state index is 11.4. The molecule has 0 fully saturated rings. The van der Waals surface area contributed by atoms with Crippen LogP contribution >= 0.6 is 0 Å². The summed E-state index contributed by atoms with van der Waals surface area (Å²) in [6.07, 6.45) is 4.03. The van der Waals surface area contributed by atoms with Gasteiger partial charge in [0.2, 0.25) is 5.91 Å². The number of hydrogen-bond donors (Lipinski definition) is 1. The smallest absolute Gasteiger partial charge is 0.222 e. The molecule has 4 nitrogen and oxygen atoms in total. The van der Waals surface area contributed by atoms with Crippen molar-refractivity contribution >= 4 is 5.91 Å². The monoisotopic (exact) mass is 195 g/mol. The summed E-state index contributed by atoms with van der Waals surface area (Å²) in [6.45, 7) is 6.55. The van der Waals surface area contributed by atoms with Crippen molar-refractivity contribution in [3.8, 4) is 0 Å². The number of hydrogen-bond acceptors (Lipinski definition) is 2. The normalized spacial score (nSPS) is 11.4. The molecule has 0 atom stereocenters. The number of carbonyl (C=O) groups excluding carboxylic acids is 1. The molecule has 0 aliphatic carbocycles. The number of rotatable bonds is 3. The van der Waals surface area contributed by atoms with Crippen LogP contribution < -0.4 is 5.32 Å². The van der Waals surface area contributed by atoms with E-state index in [2.05, 4.69) is 10.4 Å². The van der Waals surface area contributed by atoms with E-state index >= 15 is 0 Å². The van der Waals surface area contributed by atoms with Crippen molar-refractivity contribution in [3.05, 3.63) is 18.5 Å². The lowest BCUT2D eigenvalue weighted by atomic mass is 10.1. The third-order valence-electron chi connectivity index (χ3n) is 1.64. The molecular formula is C10H17N3O. The first kappa shape index (κ1) is 10.8. The molecule has 0 aliphatic heterocycles. The highest BCUT2D eigenvalue weighted by Crippen LogP contribution is 1.99. The maximum absolute atomic E-state index is 11.4. The minimum atomic E-state index is -0.152. The Morgan fingerprint density at radius 3 is 2.71 bits per heavy atom. The Bertz CT molecular complexity index is 285. The van der Waals surface area contributed by atoms with E-state index in [9.17, 15) is 4.79 Å². The fourth-order valence-corrected chi connectivity index (χ4v) is 1.13. The van der Waals surface area contributed by atoms with Crippen LogP contribution in [0.5, 0.6) is 0 Å². The predicted molar refractivity (Wildman–Crippen MR) is 54.7 cm³/mol. The molecule has 78 valence electrons. The molecule has 1 amide bonds. The molecule has 1 aromatic heterocycles. The first-order chi connectivity index (χ1) is 6.47. The van der Waals surface area contributed by atoms with E-state index < -0.39 is 0 Å². The molecule has 0 spiro atoms. The van der Waals surface area contributed by atoms with E-state index in [0.717, 1.165) is 0 Å². The van der Waals surface area contributed by atoms with Gasteiger partial charge in [-0.1, -0.05) is 0 Å². The molecule has 0 unspecified atom stereocenters. The second-order valence-corrected chi connectivity index (χ2v) is 4.32. The average molecular weight is 195 g/mol. The van der Waals surface area contributed by atoms with Gasteiger partial charge in [-0.25, -0.2) is 0 Å². The quantitative estimate of drug-likeness (QED) is 0.787. The van der Waals surface area contributed by atoms with Crippen LogP contribution in [0.3, 0.4) is 0 Å². The first-order valence-corrected chi connectivity index (χ1v) is 4.76. The Hall–Kier alpha value is -1.32. The lowest BCUT2D eigenvalue weighted by molar-refractivity contribution is -0.122. The molecule has 1 aromatic rings. The van der Waals surface area contributed by atoms with E-state index in [4.69, 9.17) is 0 Å². The second-order valence-electron chi connectivity index (χ2n) is 4.32. The third-order valence-corrected chi connectivity index (χ3v) is 1.64. The highest BCUT2D eigenvalue weighted by molar-refractivity contribution is 5.76. The SMILES string of the molecule is CC(C)(C)NC(=O)CCn1cccn1. The third kappa shape index (κ3) is 4.07. The molecule has 0 bridgehead atoms. The van der Waals surface area contributed by atoms with Gasteiger partial charge in [0.25, 0.3) is 0 Å². The summed E-state index contributed by atoms with van der Waals surface area (Å²) in [4.78, 5) is 11.4. The number of nitrogens with one attached hydrogen (secondary N) is 1. The lowest BCUT2D eigenvalue weighted by Crippen LogP contribution is -2.40. The number of aromatic nitrogens is 2. The fourth-order valence-electron chi connectivity index (χ4n) is 1.13. The highest BCUT2D eigenvalue weighted by Gasteiger charge is 2.12. The summed E-state index contributed by atoms with van der Waals surface area (Å²) in [6, 6.07) is 1.85. The molecule has 4 heteroatoms. The van der Waals surface area contributed by atoms with Gasteiger partial charge in [0.1, 0.15) is 0 Å². The number of carbonyl (C=O) groups is 1. The number of amides is 1. The standard InChI is InChI=1S/C10H17N3O/c1-10(2,3)12-9(14)5-8-13-7-4-6-11-13/h4,6-7H,5,8H2,1-3H3,(H,12,14). The first-order valence-electron chi connectivity index (χ1n) is 4.76. The van der Waals surface area contributed by atoms with Crippen LogP contribution in [0.2, 0.25) is 0 Å². The van der Waals surface area contributed by atoms with E-state index in [1.165, 1.54) is 0 Å². The van der Waals surface area contributed by atoms with Gasteiger partial charge in [0, 0.05) is 30.9 Å². The van der Waals surface area contributed by atoms with Gasteiger partial charge in [0.05, 0.1) is 0 Å². The molecular weight excluding hydrogens is 178 g/mol. The molecule has 0 aliphatic rings. The Morgan fingerprint density at radius 2 is 2.21 bits per heavy atom. The molecule has 14 heavy (non-hydrogen) atoms. The molecule has 1 heterocycles. The van der Waals surface area contributed by atoms with Crippen molar-refractivity contribution in [1.29, 1.82) is 0 Å². The Balaban J connectivity index is 2.29. The molecule has 0 aromatic carbocycles. The molecule has 0 saturated carbocycles. The Kier molecular flexibility index (Phi) is 3.28. The van der Waals surface area contributed by atoms with Gasteiger partial charge in [-0.15, -0.1) is 0 Å². The molecule has 0 radical (unpaired) electrons. The predicted octanol–water partition coefficient (Wildman–Crippen LogP) is 1.19. The zero-order valence-electron chi connectivity index (χ0n) is 8.95. The molecule has 1 N–H and O–H groups in total. The van der Waals surface area contributed by atoms with Gasteiger partial charge >= 0.3 is 0 Å². The topological polar surface area (TPSA) is 46.9 Å². The maximum Gasteiger partial charge on any atom is 0.222 e. The van der Waals surface area contributed by atoms with E-state index in [0.29, 0.717) is 13.0 Å². The van der Waals surface area contributed by atoms with Crippen molar-refractivity contribution in [2.75, 3.05) is 0 Å². The average Bonchev–Trinajstić information content (AvgIpc) is 2.49. The number of aryl methyl sites for hydroxylation is 1. The van der Waals surface area contributed by atoms with Gasteiger partial charge in [-0.05, 0) is 26.8 Å². The van der Waals surface area contributed by atoms with Crippen LogP contribution in [-0.2, 0) is 11.3 Å². The van der Waals surface area contributed by atoms with Gasteiger partial charge < -0.3 is 5.32 Å². The van der Waals surface area contributed by atoms with Crippen molar-refractivity contribution in [2.45, 2.75) is 39.3 Å². The van der Waals surface area contributed by atoms with Gasteiger partial charge in [0.15, 0.2) is 0 Å². The lowest BCUT2D eigenvalue weighted by Gasteiger charge is -2.20. The second kappa shape index (κ2) is 4.26. The largest absolute Gasteiger partial charge is 0.351 e. The van der Waals surface area contributed by atoms with Crippen molar-refractivity contribution in [3.63, 3.8) is 0 Å². The van der Waals surface area contributed by atoms with Gasteiger partial charge in [-0.3, -0.25) is 9.48 Å². The van der Waals surface area contributed by atoms with Crippen LogP contribution in [-0.4, -0.2) is 21.2 Å². The van der Waals surface area contributed by atoms with E-state index in [1.54, 1.807) is 10.9 Å². The van der Waals surface area contributed by atoms with Crippen LogP contribution in [0, 0.1) is 0 Å². The Labute approximate surface area is 84.3 Å². The highest BCUT2D eigenvalue weighted by atomic mass is 16.1. The summed E-state index contributed by atoms with van der Waals surface area (Å²) >= 11 is 0.